The average molecular weight is 448 g/mol. The Balaban J connectivity index is 1.79. The molecule has 0 aliphatic heterocycles. The van der Waals surface area contributed by atoms with Crippen LogP contribution in [-0.2, 0) is 12.8 Å². The first-order chi connectivity index (χ1) is 14.9. The minimum Gasteiger partial charge on any atom is -0.454 e. The number of hydrogen-bond acceptors (Lipinski definition) is 9. The molecule has 3 aromatic rings. The van der Waals surface area contributed by atoms with Gasteiger partial charge in [0.15, 0.2) is 5.58 Å². The third-order valence-corrected chi connectivity index (χ3v) is 6.08. The smallest absolute Gasteiger partial charge is 0.223 e. The molecule has 1 saturated carbocycles. The van der Waals surface area contributed by atoms with Gasteiger partial charge in [-0.15, -0.1) is 0 Å². The van der Waals surface area contributed by atoms with Gasteiger partial charge in [0.2, 0.25) is 5.95 Å². The number of nitrogens with one attached hydrogen (secondary N) is 1. The van der Waals surface area contributed by atoms with Gasteiger partial charge in [-0.2, -0.15) is 4.98 Å². The zero-order valence-electron chi connectivity index (χ0n) is 17.3. The number of nitrogen functional groups attached to an aromatic ring is 1. The minimum absolute atomic E-state index is 0.0386. The number of furan rings is 1. The van der Waals surface area contributed by atoms with Gasteiger partial charge in [-0.25, -0.2) is 4.98 Å². The van der Waals surface area contributed by atoms with Gasteiger partial charge in [0.25, 0.3) is 0 Å². The fraction of sp³-hybridized carbons (Fsp3) is 0.476. The first kappa shape index (κ1) is 21.8. The van der Waals surface area contributed by atoms with Crippen LogP contribution in [0.2, 0.25) is 5.15 Å². The van der Waals surface area contributed by atoms with Crippen LogP contribution in [0.3, 0.4) is 0 Å². The summed E-state index contributed by atoms with van der Waals surface area (Å²) in [6.45, 7) is 3.83. The van der Waals surface area contributed by atoms with Crippen LogP contribution in [0.15, 0.2) is 16.5 Å². The fourth-order valence-corrected chi connectivity index (χ4v) is 4.38. The third kappa shape index (κ3) is 3.94. The number of pyridine rings is 1. The maximum atomic E-state index is 10.4. The fourth-order valence-electron chi connectivity index (χ4n) is 4.11. The Kier molecular flexibility index (Phi) is 6.02. The molecular formula is C21H26ClN5O4. The van der Waals surface area contributed by atoms with Gasteiger partial charge in [0.05, 0.1) is 23.4 Å². The Morgan fingerprint density at radius 2 is 1.94 bits per heavy atom. The molecule has 1 aliphatic carbocycles. The third-order valence-electron chi connectivity index (χ3n) is 5.81. The van der Waals surface area contributed by atoms with Gasteiger partial charge >= 0.3 is 0 Å². The molecule has 0 amide bonds. The highest BCUT2D eigenvalue weighted by atomic mass is 35.5. The molecule has 1 fully saturated rings. The van der Waals surface area contributed by atoms with Crippen LogP contribution in [0.1, 0.15) is 31.7 Å². The van der Waals surface area contributed by atoms with Crippen LogP contribution in [0.5, 0.6) is 0 Å². The molecule has 4 rings (SSSR count). The molecular weight excluding hydrogens is 422 g/mol. The summed E-state index contributed by atoms with van der Waals surface area (Å²) in [6, 6.07) is 3.28. The summed E-state index contributed by atoms with van der Waals surface area (Å²) in [5.74, 6) is 0.248. The lowest BCUT2D eigenvalue weighted by Gasteiger charge is -2.20. The molecule has 10 heteroatoms. The van der Waals surface area contributed by atoms with Crippen LogP contribution in [0.25, 0.3) is 22.3 Å². The summed E-state index contributed by atoms with van der Waals surface area (Å²) < 4.78 is 6.13. The zero-order chi connectivity index (χ0) is 22.3. The van der Waals surface area contributed by atoms with Crippen LogP contribution in [-0.4, -0.2) is 55.1 Å². The first-order valence-electron chi connectivity index (χ1n) is 10.3. The predicted molar refractivity (Wildman–Crippen MR) is 118 cm³/mol. The number of nitrogens with two attached hydrogens (primary N) is 1. The summed E-state index contributed by atoms with van der Waals surface area (Å²) in [4.78, 5) is 13.0. The number of anilines is 2. The monoisotopic (exact) mass is 447 g/mol. The Hall–Kier alpha value is -2.46. The number of halogens is 1. The number of aliphatic hydroxyl groups excluding tert-OH is 3. The van der Waals surface area contributed by atoms with Gasteiger partial charge < -0.3 is 30.8 Å². The van der Waals surface area contributed by atoms with E-state index in [1.165, 1.54) is 0 Å². The Morgan fingerprint density at radius 1 is 1.16 bits per heavy atom. The van der Waals surface area contributed by atoms with Crippen LogP contribution in [0.4, 0.5) is 11.8 Å². The van der Waals surface area contributed by atoms with E-state index < -0.39 is 24.2 Å². The van der Waals surface area contributed by atoms with Crippen molar-refractivity contribution < 1.29 is 19.7 Å². The van der Waals surface area contributed by atoms with E-state index in [9.17, 15) is 15.3 Å². The SMILES string of the molecule is CCc1cc2cc(-c3c(Cl)nc(N)nc3N[C@@H]3C[C@H](CO)[C@@H](O)[C@H]3O)oc2c(CC)n1. The molecule has 9 nitrogen and oxygen atoms in total. The molecule has 166 valence electrons. The summed E-state index contributed by atoms with van der Waals surface area (Å²) >= 11 is 6.44. The lowest BCUT2D eigenvalue weighted by atomic mass is 10.1. The van der Waals surface area contributed by atoms with Gasteiger partial charge in [0, 0.05) is 23.6 Å². The van der Waals surface area contributed by atoms with Gasteiger partial charge in [-0.05, 0) is 31.4 Å². The maximum absolute atomic E-state index is 10.4. The van der Waals surface area contributed by atoms with E-state index in [0.29, 0.717) is 29.7 Å². The number of rotatable bonds is 6. The first-order valence-corrected chi connectivity index (χ1v) is 10.7. The molecule has 6 N–H and O–H groups in total. The van der Waals surface area contributed by atoms with E-state index in [1.807, 2.05) is 26.0 Å². The zero-order valence-corrected chi connectivity index (χ0v) is 18.1. The molecule has 0 saturated heterocycles. The minimum atomic E-state index is -1.08. The number of hydrogen-bond donors (Lipinski definition) is 5. The normalized spacial score (nSPS) is 23.5. The summed E-state index contributed by atoms with van der Waals surface area (Å²) in [6.07, 6.45) is -0.265. The molecule has 3 aromatic heterocycles. The van der Waals surface area contributed by atoms with Gasteiger partial charge in [-0.1, -0.05) is 25.4 Å². The lowest BCUT2D eigenvalue weighted by Crippen LogP contribution is -2.35. The molecule has 0 bridgehead atoms. The number of aryl methyl sites for hydroxylation is 2. The molecule has 0 aromatic carbocycles. The number of aliphatic hydroxyl groups is 3. The topological polar surface area (TPSA) is 151 Å². The van der Waals surface area contributed by atoms with Crippen molar-refractivity contribution >= 4 is 34.3 Å². The average Bonchev–Trinajstić information content (AvgIpc) is 3.28. The lowest BCUT2D eigenvalue weighted by molar-refractivity contribution is 0.00446. The van der Waals surface area contributed by atoms with Crippen molar-refractivity contribution in [2.24, 2.45) is 5.92 Å². The standard InChI is InChI=1S/C21H26ClN5O4/c1-3-11-5-9-7-14(31-18(9)12(4-2)24-11)15-19(22)26-21(23)27-20(15)25-13-6-10(8-28)16(29)17(13)30/h5,7,10,13,16-17,28-30H,3-4,6,8H2,1-2H3,(H3,23,25,26,27)/t10-,13-,16-,17+/m1/s1. The number of aromatic nitrogens is 3. The Bertz CT molecular complexity index is 1110. The molecule has 4 atom stereocenters. The van der Waals surface area contributed by atoms with Crippen molar-refractivity contribution in [3.05, 3.63) is 28.7 Å². The van der Waals surface area contributed by atoms with E-state index >= 15 is 0 Å². The quantitative estimate of drug-likeness (QED) is 0.358. The van der Waals surface area contributed by atoms with E-state index in [4.69, 9.17) is 21.8 Å². The van der Waals surface area contributed by atoms with Crippen LogP contribution in [0, 0.1) is 5.92 Å². The van der Waals surface area contributed by atoms with Crippen LogP contribution < -0.4 is 11.1 Å². The Morgan fingerprint density at radius 3 is 2.58 bits per heavy atom. The van der Waals surface area contributed by atoms with Gasteiger partial charge in [-0.3, -0.25) is 4.98 Å². The Labute approximate surface area is 184 Å². The maximum Gasteiger partial charge on any atom is 0.223 e. The summed E-state index contributed by atoms with van der Waals surface area (Å²) in [5, 5.41) is 34.1. The molecule has 31 heavy (non-hydrogen) atoms. The van der Waals surface area contributed by atoms with E-state index in [1.54, 1.807) is 0 Å². The van der Waals surface area contributed by atoms with Crippen molar-refractivity contribution in [1.82, 2.24) is 15.0 Å². The summed E-state index contributed by atoms with van der Waals surface area (Å²) in [5.41, 5.74) is 8.71. The highest BCUT2D eigenvalue weighted by Gasteiger charge is 2.41. The van der Waals surface area contributed by atoms with E-state index in [2.05, 4.69) is 20.3 Å². The van der Waals surface area contributed by atoms with Crippen LogP contribution >= 0.6 is 11.6 Å². The molecule has 3 heterocycles. The highest BCUT2D eigenvalue weighted by molar-refractivity contribution is 6.32. The number of nitrogens with zero attached hydrogens (tertiary/aromatic N) is 3. The highest BCUT2D eigenvalue weighted by Crippen LogP contribution is 2.39. The van der Waals surface area contributed by atoms with E-state index in [-0.39, 0.29) is 23.5 Å². The predicted octanol–water partition coefficient (Wildman–Crippen LogP) is 2.16. The largest absolute Gasteiger partial charge is 0.454 e. The second-order valence-corrected chi connectivity index (χ2v) is 8.16. The van der Waals surface area contributed by atoms with Crippen molar-refractivity contribution in [3.8, 4) is 11.3 Å². The van der Waals surface area contributed by atoms with Gasteiger partial charge in [0.1, 0.15) is 22.8 Å². The van der Waals surface area contributed by atoms with E-state index in [0.717, 1.165) is 23.2 Å². The molecule has 1 aliphatic rings. The molecule has 0 spiro atoms. The second kappa shape index (κ2) is 8.58. The van der Waals surface area contributed by atoms with Crippen molar-refractivity contribution in [1.29, 1.82) is 0 Å². The molecule has 0 unspecified atom stereocenters. The van der Waals surface area contributed by atoms with Crippen molar-refractivity contribution in [3.63, 3.8) is 0 Å². The second-order valence-electron chi connectivity index (χ2n) is 7.80. The molecule has 0 radical (unpaired) electrons. The number of fused-ring (bicyclic) bond motifs is 1. The summed E-state index contributed by atoms with van der Waals surface area (Å²) in [7, 11) is 0. The van der Waals surface area contributed by atoms with Crippen molar-refractivity contribution in [2.45, 2.75) is 51.4 Å². The van der Waals surface area contributed by atoms with Crippen molar-refractivity contribution in [2.75, 3.05) is 17.7 Å².